The summed E-state index contributed by atoms with van der Waals surface area (Å²) in [4.78, 5) is 11.7. The molecule has 0 atom stereocenters. The summed E-state index contributed by atoms with van der Waals surface area (Å²) in [6, 6.07) is 11.6. The summed E-state index contributed by atoms with van der Waals surface area (Å²) in [5.74, 6) is 0.353. The summed E-state index contributed by atoms with van der Waals surface area (Å²) >= 11 is 3.42. The molecule has 1 N–H and O–H groups in total. The lowest BCUT2D eigenvalue weighted by molar-refractivity contribution is -0.123. The average Bonchev–Trinajstić information content (AvgIpc) is 2.50. The van der Waals surface area contributed by atoms with Gasteiger partial charge in [0.1, 0.15) is 5.75 Å². The molecule has 1 amide bonds. The van der Waals surface area contributed by atoms with Gasteiger partial charge in [0.15, 0.2) is 6.61 Å². The minimum absolute atomic E-state index is 0.0781. The highest BCUT2D eigenvalue weighted by Crippen LogP contribution is 2.21. The number of hydrogen-bond donors (Lipinski definition) is 1. The average molecular weight is 375 g/mol. The summed E-state index contributed by atoms with van der Waals surface area (Å²) in [5, 5.41) is 3.96. The number of nitrogens with zero attached hydrogens (tertiary/aromatic N) is 1. The summed E-state index contributed by atoms with van der Waals surface area (Å²) in [6.45, 7) is 5.93. The first-order chi connectivity index (χ1) is 11.0. The maximum Gasteiger partial charge on any atom is 0.277 e. The van der Waals surface area contributed by atoms with Gasteiger partial charge in [-0.05, 0) is 55.7 Å². The van der Waals surface area contributed by atoms with Crippen molar-refractivity contribution in [2.75, 3.05) is 6.61 Å². The Morgan fingerprint density at radius 1 is 1.17 bits per heavy atom. The lowest BCUT2D eigenvalue weighted by Crippen LogP contribution is -2.24. The van der Waals surface area contributed by atoms with E-state index in [1.807, 2.05) is 51.1 Å². The minimum atomic E-state index is -0.299. The highest BCUT2D eigenvalue weighted by Gasteiger charge is 2.03. The SMILES string of the molecule is Cc1ccc(/C=N/NC(=O)COc2ccc(Br)c(C)c2)c(C)c1. The van der Waals surface area contributed by atoms with Crippen molar-refractivity contribution in [2.24, 2.45) is 5.10 Å². The van der Waals surface area contributed by atoms with Gasteiger partial charge in [-0.15, -0.1) is 0 Å². The number of hydrazone groups is 1. The van der Waals surface area contributed by atoms with E-state index < -0.39 is 0 Å². The molecule has 5 heteroatoms. The summed E-state index contributed by atoms with van der Waals surface area (Å²) in [7, 11) is 0. The Labute approximate surface area is 144 Å². The Balaban J connectivity index is 1.85. The summed E-state index contributed by atoms with van der Waals surface area (Å²) in [5.41, 5.74) is 6.80. The largest absolute Gasteiger partial charge is 0.484 e. The molecule has 0 aromatic heterocycles. The Morgan fingerprint density at radius 3 is 2.65 bits per heavy atom. The topological polar surface area (TPSA) is 50.7 Å². The standard InChI is InChI=1S/C18H19BrN2O2/c1-12-4-5-15(13(2)8-12)10-20-21-18(22)11-23-16-6-7-17(19)14(3)9-16/h4-10H,11H2,1-3H3,(H,21,22)/b20-10+. The molecule has 0 aliphatic heterocycles. The van der Waals surface area contributed by atoms with Crippen molar-refractivity contribution in [3.63, 3.8) is 0 Å². The smallest absolute Gasteiger partial charge is 0.277 e. The van der Waals surface area contributed by atoms with Gasteiger partial charge in [0.05, 0.1) is 6.21 Å². The molecule has 4 nitrogen and oxygen atoms in total. The third kappa shape index (κ3) is 5.21. The van der Waals surface area contributed by atoms with Gasteiger partial charge in [-0.1, -0.05) is 39.7 Å². The minimum Gasteiger partial charge on any atom is -0.484 e. The van der Waals surface area contributed by atoms with E-state index in [0.717, 1.165) is 21.2 Å². The first kappa shape index (κ1) is 17.2. The van der Waals surface area contributed by atoms with Crippen LogP contribution in [0, 0.1) is 20.8 Å². The number of amides is 1. The van der Waals surface area contributed by atoms with Gasteiger partial charge in [-0.25, -0.2) is 5.43 Å². The zero-order chi connectivity index (χ0) is 16.8. The lowest BCUT2D eigenvalue weighted by atomic mass is 10.1. The predicted molar refractivity (Wildman–Crippen MR) is 96.0 cm³/mol. The molecule has 2 aromatic carbocycles. The molecular weight excluding hydrogens is 356 g/mol. The van der Waals surface area contributed by atoms with Gasteiger partial charge < -0.3 is 4.74 Å². The van der Waals surface area contributed by atoms with Gasteiger partial charge in [0.25, 0.3) is 5.91 Å². The van der Waals surface area contributed by atoms with Crippen molar-refractivity contribution >= 4 is 28.1 Å². The van der Waals surface area contributed by atoms with Crippen LogP contribution in [-0.4, -0.2) is 18.7 Å². The molecular formula is C18H19BrN2O2. The highest BCUT2D eigenvalue weighted by atomic mass is 79.9. The molecule has 0 aliphatic rings. The van der Waals surface area contributed by atoms with E-state index in [1.165, 1.54) is 5.56 Å². The van der Waals surface area contributed by atoms with Crippen LogP contribution in [0.3, 0.4) is 0 Å². The summed E-state index contributed by atoms with van der Waals surface area (Å²) in [6.07, 6.45) is 1.64. The Morgan fingerprint density at radius 2 is 1.96 bits per heavy atom. The second-order valence-corrected chi connectivity index (χ2v) is 6.21. The normalized spacial score (nSPS) is 10.8. The van der Waals surface area contributed by atoms with Crippen molar-refractivity contribution in [3.8, 4) is 5.75 Å². The molecule has 0 heterocycles. The van der Waals surface area contributed by atoms with Crippen LogP contribution in [-0.2, 0) is 4.79 Å². The molecule has 0 radical (unpaired) electrons. The first-order valence-electron chi connectivity index (χ1n) is 7.24. The second-order valence-electron chi connectivity index (χ2n) is 5.35. The molecule has 0 unspecified atom stereocenters. The molecule has 0 bridgehead atoms. The van der Waals surface area contributed by atoms with Gasteiger partial charge in [0, 0.05) is 4.47 Å². The maximum absolute atomic E-state index is 11.7. The molecule has 0 aliphatic carbocycles. The van der Waals surface area contributed by atoms with Crippen LogP contribution in [0.2, 0.25) is 0 Å². The van der Waals surface area contributed by atoms with Gasteiger partial charge in [-0.3, -0.25) is 4.79 Å². The predicted octanol–water partition coefficient (Wildman–Crippen LogP) is 3.90. The van der Waals surface area contributed by atoms with Gasteiger partial charge >= 0.3 is 0 Å². The van der Waals surface area contributed by atoms with Gasteiger partial charge in [-0.2, -0.15) is 5.10 Å². The van der Waals surface area contributed by atoms with Crippen molar-refractivity contribution in [1.29, 1.82) is 0 Å². The molecule has 0 saturated heterocycles. The number of benzene rings is 2. The van der Waals surface area contributed by atoms with Crippen LogP contribution in [0.25, 0.3) is 0 Å². The number of carbonyl (C=O) groups excluding carboxylic acids is 1. The lowest BCUT2D eigenvalue weighted by Gasteiger charge is -2.07. The van der Waals surface area contributed by atoms with Crippen LogP contribution >= 0.6 is 15.9 Å². The van der Waals surface area contributed by atoms with E-state index in [0.29, 0.717) is 5.75 Å². The third-order valence-electron chi connectivity index (χ3n) is 3.32. The monoisotopic (exact) mass is 374 g/mol. The Bertz CT molecular complexity index is 742. The third-order valence-corrected chi connectivity index (χ3v) is 4.21. The molecule has 0 spiro atoms. The fraction of sp³-hybridized carbons (Fsp3) is 0.222. The van der Waals surface area contributed by atoms with Crippen LogP contribution in [0.15, 0.2) is 46.0 Å². The zero-order valence-corrected chi connectivity index (χ0v) is 15.0. The molecule has 2 rings (SSSR count). The van der Waals surface area contributed by atoms with Crippen LogP contribution in [0.5, 0.6) is 5.75 Å². The fourth-order valence-electron chi connectivity index (χ4n) is 2.03. The van der Waals surface area contributed by atoms with E-state index >= 15 is 0 Å². The quantitative estimate of drug-likeness (QED) is 0.637. The molecule has 23 heavy (non-hydrogen) atoms. The number of aryl methyl sites for hydroxylation is 3. The number of nitrogens with one attached hydrogen (secondary N) is 1. The number of carbonyl (C=O) groups is 1. The van der Waals surface area contributed by atoms with E-state index in [1.54, 1.807) is 6.21 Å². The van der Waals surface area contributed by atoms with Crippen molar-refractivity contribution in [3.05, 3.63) is 63.1 Å². The van der Waals surface area contributed by atoms with Gasteiger partial charge in [0.2, 0.25) is 0 Å². The molecule has 120 valence electrons. The maximum atomic E-state index is 11.7. The first-order valence-corrected chi connectivity index (χ1v) is 8.03. The Hall–Kier alpha value is -2.14. The van der Waals surface area contributed by atoms with Crippen LogP contribution < -0.4 is 10.2 Å². The van der Waals surface area contributed by atoms with Crippen molar-refractivity contribution in [1.82, 2.24) is 5.43 Å². The summed E-state index contributed by atoms with van der Waals surface area (Å²) < 4.78 is 6.45. The second kappa shape index (κ2) is 7.92. The van der Waals surface area contributed by atoms with Crippen LogP contribution in [0.4, 0.5) is 0 Å². The van der Waals surface area contributed by atoms with E-state index in [4.69, 9.17) is 4.74 Å². The fourth-order valence-corrected chi connectivity index (χ4v) is 2.28. The van der Waals surface area contributed by atoms with E-state index in [9.17, 15) is 4.79 Å². The molecule has 2 aromatic rings. The number of hydrogen-bond acceptors (Lipinski definition) is 3. The highest BCUT2D eigenvalue weighted by molar-refractivity contribution is 9.10. The van der Waals surface area contributed by atoms with E-state index in [2.05, 4.69) is 32.5 Å². The molecule has 0 fully saturated rings. The number of ether oxygens (including phenoxy) is 1. The number of rotatable bonds is 5. The van der Waals surface area contributed by atoms with E-state index in [-0.39, 0.29) is 12.5 Å². The number of halogens is 1. The zero-order valence-electron chi connectivity index (χ0n) is 13.4. The molecule has 0 saturated carbocycles. The van der Waals surface area contributed by atoms with Crippen molar-refractivity contribution in [2.45, 2.75) is 20.8 Å². The Kier molecular flexibility index (Phi) is 5.93. The van der Waals surface area contributed by atoms with Crippen molar-refractivity contribution < 1.29 is 9.53 Å². The van der Waals surface area contributed by atoms with Crippen LogP contribution in [0.1, 0.15) is 22.3 Å².